The van der Waals surface area contributed by atoms with Gasteiger partial charge in [-0.15, -0.1) is 6.58 Å². The number of rotatable bonds is 3. The lowest BCUT2D eigenvalue weighted by molar-refractivity contribution is -0.198. The molecule has 5 unspecified atom stereocenters. The molecule has 0 bridgehead atoms. The largest absolute Gasteiger partial charge is 0.504 e. The van der Waals surface area contributed by atoms with Crippen molar-refractivity contribution < 1.29 is 20.1 Å². The maximum Gasteiger partial charge on any atom is 0.165 e. The molecule has 1 aromatic rings. The Bertz CT molecular complexity index is 735. The van der Waals surface area contributed by atoms with Crippen LogP contribution < -0.4 is 4.74 Å². The molecule has 1 saturated carbocycles. The molecule has 5 heteroatoms. The lowest BCUT2D eigenvalue weighted by atomic mass is 9.52. The number of ether oxygens (including phenoxy) is 1. The molecule has 1 aromatic carbocycles. The van der Waals surface area contributed by atoms with E-state index < -0.39 is 23.2 Å². The maximum atomic E-state index is 12.0. The number of piperidine rings is 1. The highest BCUT2D eigenvalue weighted by atomic mass is 16.5. The van der Waals surface area contributed by atoms with Crippen molar-refractivity contribution in [3.8, 4) is 11.5 Å². The highest BCUT2D eigenvalue weighted by Crippen LogP contribution is 2.62. The monoisotopic (exact) mass is 359 g/mol. The molecule has 0 amide bonds. The summed E-state index contributed by atoms with van der Waals surface area (Å²) in [6.45, 7) is 9.50. The summed E-state index contributed by atoms with van der Waals surface area (Å²) in [7, 11) is 0. The van der Waals surface area contributed by atoms with E-state index >= 15 is 0 Å². The molecule has 2 heterocycles. The maximum absolute atomic E-state index is 12.0. The van der Waals surface area contributed by atoms with E-state index in [-0.39, 0.29) is 11.8 Å². The van der Waals surface area contributed by atoms with E-state index in [2.05, 4.69) is 25.3 Å². The summed E-state index contributed by atoms with van der Waals surface area (Å²) < 4.78 is 6.17. The average Bonchev–Trinajstić information content (AvgIpc) is 2.99. The van der Waals surface area contributed by atoms with Crippen LogP contribution in [0.1, 0.15) is 44.2 Å². The van der Waals surface area contributed by atoms with Gasteiger partial charge in [0.15, 0.2) is 11.5 Å². The Balaban J connectivity index is 1.94. The third-order valence-electron chi connectivity index (χ3n) is 7.12. The van der Waals surface area contributed by atoms with Gasteiger partial charge in [-0.05, 0) is 50.8 Å². The van der Waals surface area contributed by atoms with Crippen molar-refractivity contribution in [2.24, 2.45) is 0 Å². The number of fused-ring (bicyclic) bond motifs is 1. The van der Waals surface area contributed by atoms with Crippen molar-refractivity contribution in [1.29, 1.82) is 0 Å². The molecule has 5 atom stereocenters. The Morgan fingerprint density at radius 1 is 1.38 bits per heavy atom. The second kappa shape index (κ2) is 5.98. The minimum absolute atomic E-state index is 0.0918. The first-order chi connectivity index (χ1) is 12.4. The van der Waals surface area contributed by atoms with Gasteiger partial charge >= 0.3 is 0 Å². The Morgan fingerprint density at radius 3 is 2.85 bits per heavy atom. The number of nitrogens with zero attached hydrogens (tertiary/aromatic N) is 1. The van der Waals surface area contributed by atoms with Crippen LogP contribution in [0.25, 0.3) is 0 Å². The van der Waals surface area contributed by atoms with Crippen LogP contribution in [0.3, 0.4) is 0 Å². The van der Waals surface area contributed by atoms with Crippen LogP contribution in [0.15, 0.2) is 24.8 Å². The number of hydrogen-bond acceptors (Lipinski definition) is 5. The number of aryl methyl sites for hydroxylation is 1. The number of aliphatic hydroxyl groups is 2. The number of hydrogen-bond donors (Lipinski definition) is 3. The number of aromatic hydroxyl groups is 1. The fourth-order valence-corrected chi connectivity index (χ4v) is 5.79. The molecule has 2 fully saturated rings. The van der Waals surface area contributed by atoms with Crippen LogP contribution in [0.4, 0.5) is 0 Å². The van der Waals surface area contributed by atoms with E-state index in [0.29, 0.717) is 25.0 Å². The molecule has 2 aliphatic heterocycles. The summed E-state index contributed by atoms with van der Waals surface area (Å²) in [6, 6.07) is 3.50. The Labute approximate surface area is 154 Å². The Morgan fingerprint density at radius 2 is 2.15 bits per heavy atom. The van der Waals surface area contributed by atoms with Gasteiger partial charge in [0.25, 0.3) is 0 Å². The number of phenols is 1. The second-order valence-corrected chi connectivity index (χ2v) is 8.05. The zero-order valence-electron chi connectivity index (χ0n) is 15.6. The summed E-state index contributed by atoms with van der Waals surface area (Å²) in [5.41, 5.74) is 0.274. The highest BCUT2D eigenvalue weighted by Gasteiger charge is 2.70. The molecule has 5 nitrogen and oxygen atoms in total. The molecule has 3 N–H and O–H groups in total. The highest BCUT2D eigenvalue weighted by molar-refractivity contribution is 5.60. The van der Waals surface area contributed by atoms with Gasteiger partial charge in [0.1, 0.15) is 6.10 Å². The lowest BCUT2D eigenvalue weighted by Gasteiger charge is -2.60. The SMILES string of the molecule is C=CCN1CCC23c4c(CC)ccc(O)c4OC2C(O)CCC3(O)C1C. The van der Waals surface area contributed by atoms with Crippen molar-refractivity contribution in [1.82, 2.24) is 4.90 Å². The van der Waals surface area contributed by atoms with Crippen LogP contribution in [0.2, 0.25) is 0 Å². The fraction of sp³-hybridized carbons (Fsp3) is 0.619. The standard InChI is InChI=1S/C21H29NO4/c1-4-11-22-12-10-20-17-14(5-2)6-7-15(23)18(17)26-19(20)16(24)8-9-21(20,25)13(22)3/h4,6-7,13,16,19,23-25H,1,5,8-12H2,2-3H3. The van der Waals surface area contributed by atoms with Crippen molar-refractivity contribution in [3.05, 3.63) is 35.9 Å². The van der Waals surface area contributed by atoms with Crippen LogP contribution in [0.5, 0.6) is 11.5 Å². The third kappa shape index (κ3) is 2.02. The Kier molecular flexibility index (Phi) is 4.10. The van der Waals surface area contributed by atoms with Crippen LogP contribution >= 0.6 is 0 Å². The van der Waals surface area contributed by atoms with Gasteiger partial charge in [0.05, 0.1) is 17.1 Å². The molecule has 1 spiro atoms. The number of likely N-dealkylation sites (tertiary alicyclic amines) is 1. The molecule has 1 saturated heterocycles. The lowest BCUT2D eigenvalue weighted by Crippen LogP contribution is -2.74. The Hall–Kier alpha value is -1.56. The van der Waals surface area contributed by atoms with Crippen molar-refractivity contribution in [3.63, 3.8) is 0 Å². The van der Waals surface area contributed by atoms with Crippen molar-refractivity contribution in [2.45, 2.75) is 68.8 Å². The predicted molar refractivity (Wildman–Crippen MR) is 99.6 cm³/mol. The molecule has 4 rings (SSSR count). The number of phenolic OH excluding ortho intramolecular Hbond substituents is 1. The molecule has 0 aromatic heterocycles. The van der Waals surface area contributed by atoms with E-state index in [1.807, 2.05) is 12.1 Å². The minimum atomic E-state index is -1.03. The van der Waals surface area contributed by atoms with Crippen molar-refractivity contribution in [2.75, 3.05) is 13.1 Å². The third-order valence-corrected chi connectivity index (χ3v) is 7.12. The van der Waals surface area contributed by atoms with E-state index in [1.54, 1.807) is 6.07 Å². The summed E-state index contributed by atoms with van der Waals surface area (Å²) in [5, 5.41) is 33.3. The minimum Gasteiger partial charge on any atom is -0.504 e. The van der Waals surface area contributed by atoms with E-state index in [1.165, 1.54) is 0 Å². The smallest absolute Gasteiger partial charge is 0.165 e. The van der Waals surface area contributed by atoms with Crippen LogP contribution in [-0.4, -0.2) is 57.2 Å². The first-order valence-corrected chi connectivity index (χ1v) is 9.68. The number of benzene rings is 1. The second-order valence-electron chi connectivity index (χ2n) is 8.05. The predicted octanol–water partition coefficient (Wildman–Crippen LogP) is 2.12. The molecular weight excluding hydrogens is 330 g/mol. The van der Waals surface area contributed by atoms with Gasteiger partial charge in [0.2, 0.25) is 0 Å². The van der Waals surface area contributed by atoms with E-state index in [0.717, 1.165) is 30.6 Å². The summed E-state index contributed by atoms with van der Waals surface area (Å²) >= 11 is 0. The van der Waals surface area contributed by atoms with Gasteiger partial charge in [0, 0.05) is 18.2 Å². The van der Waals surface area contributed by atoms with Gasteiger partial charge in [-0.2, -0.15) is 0 Å². The van der Waals surface area contributed by atoms with Crippen LogP contribution in [-0.2, 0) is 11.8 Å². The first-order valence-electron chi connectivity index (χ1n) is 9.68. The summed E-state index contributed by atoms with van der Waals surface area (Å²) in [6.07, 6.45) is 3.18. The molecule has 26 heavy (non-hydrogen) atoms. The van der Waals surface area contributed by atoms with Gasteiger partial charge < -0.3 is 20.1 Å². The average molecular weight is 359 g/mol. The molecular formula is C21H29NO4. The number of aliphatic hydroxyl groups excluding tert-OH is 1. The molecule has 1 aliphatic carbocycles. The van der Waals surface area contributed by atoms with E-state index in [4.69, 9.17) is 4.74 Å². The topological polar surface area (TPSA) is 73.2 Å². The first kappa shape index (κ1) is 17.8. The quantitative estimate of drug-likeness (QED) is 0.721. The molecule has 142 valence electrons. The summed E-state index contributed by atoms with van der Waals surface area (Å²) in [5.74, 6) is 0.551. The van der Waals surface area contributed by atoms with Crippen molar-refractivity contribution >= 4 is 0 Å². The van der Waals surface area contributed by atoms with E-state index in [9.17, 15) is 15.3 Å². The normalized spacial score (nSPS) is 38.8. The zero-order chi connectivity index (χ0) is 18.7. The van der Waals surface area contributed by atoms with Crippen LogP contribution in [0, 0.1) is 0 Å². The van der Waals surface area contributed by atoms with Gasteiger partial charge in [-0.3, -0.25) is 4.90 Å². The van der Waals surface area contributed by atoms with Gasteiger partial charge in [-0.25, -0.2) is 0 Å². The fourth-order valence-electron chi connectivity index (χ4n) is 5.79. The molecule has 3 aliphatic rings. The molecule has 0 radical (unpaired) electrons. The zero-order valence-corrected chi connectivity index (χ0v) is 15.6. The van der Waals surface area contributed by atoms with Gasteiger partial charge in [-0.1, -0.05) is 19.1 Å². The summed E-state index contributed by atoms with van der Waals surface area (Å²) in [4.78, 5) is 2.25.